The van der Waals surface area contributed by atoms with Crippen molar-refractivity contribution in [2.75, 3.05) is 0 Å². The van der Waals surface area contributed by atoms with Crippen LogP contribution in [-0.4, -0.2) is 12.1 Å². The summed E-state index contributed by atoms with van der Waals surface area (Å²) in [7, 11) is 0. The Bertz CT molecular complexity index is 267. The van der Waals surface area contributed by atoms with Gasteiger partial charge < -0.3 is 0 Å². The van der Waals surface area contributed by atoms with E-state index in [1.54, 1.807) is 0 Å². The summed E-state index contributed by atoms with van der Waals surface area (Å²) >= 11 is 0. The zero-order valence-electron chi connectivity index (χ0n) is 5.84. The van der Waals surface area contributed by atoms with Gasteiger partial charge in [0.05, 0.1) is 0 Å². The Balaban J connectivity index is 4.30. The van der Waals surface area contributed by atoms with Crippen LogP contribution in [0, 0.1) is 45.3 Å². The first kappa shape index (κ1) is 9.56. The second-order valence-electron chi connectivity index (χ2n) is 1.55. The fraction of sp³-hybridized carbons (Fsp3) is 0.333. The normalized spacial score (nSPS) is 8.83. The van der Waals surface area contributed by atoms with Crippen molar-refractivity contribution in [2.24, 2.45) is 10.2 Å². The Labute approximate surface area is 68.6 Å². The van der Waals surface area contributed by atoms with Crippen LogP contribution in [0.3, 0.4) is 0 Å². The molecule has 0 saturated heterocycles. The average molecular weight is 158 g/mol. The first-order valence-electron chi connectivity index (χ1n) is 2.77. The third-order valence-corrected chi connectivity index (χ3v) is 0.787. The van der Waals surface area contributed by atoms with Crippen molar-refractivity contribution < 1.29 is 0 Å². The third kappa shape index (κ3) is 2.92. The van der Waals surface area contributed by atoms with E-state index in [1.807, 2.05) is 0 Å². The summed E-state index contributed by atoms with van der Waals surface area (Å²) in [5.41, 5.74) is 0. The van der Waals surface area contributed by atoms with Crippen LogP contribution in [0.1, 0.15) is 0 Å². The van der Waals surface area contributed by atoms with Crippen LogP contribution in [0.2, 0.25) is 0 Å². The number of hydrogen-bond acceptors (Lipinski definition) is 6. The maximum Gasteiger partial charge on any atom is 0.242 e. The van der Waals surface area contributed by atoms with Crippen molar-refractivity contribution in [3.05, 3.63) is 0 Å². The molecule has 0 aliphatic heterocycles. The standard InChI is InChI=1S/C6H2N6/c7-1-5(2-8)11-12-6(3-9)4-10/h5-6H. The summed E-state index contributed by atoms with van der Waals surface area (Å²) in [4.78, 5) is 0. The highest BCUT2D eigenvalue weighted by Crippen LogP contribution is 1.92. The molecule has 6 nitrogen and oxygen atoms in total. The summed E-state index contributed by atoms with van der Waals surface area (Å²) < 4.78 is 0. The molecule has 0 aromatic rings. The highest BCUT2D eigenvalue weighted by Gasteiger charge is 2.04. The summed E-state index contributed by atoms with van der Waals surface area (Å²) in [5, 5.41) is 39.1. The van der Waals surface area contributed by atoms with Crippen LogP contribution < -0.4 is 0 Å². The van der Waals surface area contributed by atoms with E-state index in [2.05, 4.69) is 10.2 Å². The average Bonchev–Trinajstić information content (AvgIpc) is 2.13. The van der Waals surface area contributed by atoms with Crippen LogP contribution >= 0.6 is 0 Å². The molecule has 0 aromatic carbocycles. The third-order valence-electron chi connectivity index (χ3n) is 0.787. The Morgan fingerprint density at radius 2 is 0.917 bits per heavy atom. The lowest BCUT2D eigenvalue weighted by atomic mass is 10.4. The Morgan fingerprint density at radius 3 is 1.08 bits per heavy atom. The van der Waals surface area contributed by atoms with E-state index in [0.29, 0.717) is 0 Å². The molecule has 0 unspecified atom stereocenters. The van der Waals surface area contributed by atoms with E-state index in [-0.39, 0.29) is 0 Å². The first-order valence-corrected chi connectivity index (χ1v) is 2.77. The largest absolute Gasteiger partial charge is 0.242 e. The summed E-state index contributed by atoms with van der Waals surface area (Å²) in [6.07, 6.45) is 0. The van der Waals surface area contributed by atoms with Gasteiger partial charge in [0.1, 0.15) is 24.3 Å². The number of hydrogen-bond donors (Lipinski definition) is 0. The monoisotopic (exact) mass is 158 g/mol. The number of nitrogens with zero attached hydrogens (tertiary/aromatic N) is 6. The van der Waals surface area contributed by atoms with Gasteiger partial charge in [0.2, 0.25) is 12.1 Å². The predicted molar refractivity (Wildman–Crippen MR) is 34.9 cm³/mol. The minimum atomic E-state index is -1.24. The molecule has 12 heavy (non-hydrogen) atoms. The maximum absolute atomic E-state index is 8.19. The SMILES string of the molecule is N#CC(C#N)N=NC(C#N)C#N. The lowest BCUT2D eigenvalue weighted by molar-refractivity contribution is 0.844. The molecule has 56 valence electrons. The summed E-state index contributed by atoms with van der Waals surface area (Å²) in [5.74, 6) is 0. The second kappa shape index (κ2) is 5.35. The van der Waals surface area contributed by atoms with E-state index in [4.69, 9.17) is 21.0 Å². The van der Waals surface area contributed by atoms with Crippen LogP contribution in [0.4, 0.5) is 0 Å². The Morgan fingerprint density at radius 1 is 0.667 bits per heavy atom. The van der Waals surface area contributed by atoms with E-state index in [0.717, 1.165) is 0 Å². The van der Waals surface area contributed by atoms with Crippen molar-refractivity contribution in [1.29, 1.82) is 21.0 Å². The van der Waals surface area contributed by atoms with E-state index in [1.165, 1.54) is 24.3 Å². The maximum atomic E-state index is 8.19. The van der Waals surface area contributed by atoms with Crippen LogP contribution in [0.5, 0.6) is 0 Å². The van der Waals surface area contributed by atoms with Gasteiger partial charge in [0.25, 0.3) is 0 Å². The Kier molecular flexibility index (Phi) is 4.26. The fourth-order valence-electron chi connectivity index (χ4n) is 0.294. The lowest BCUT2D eigenvalue weighted by Gasteiger charge is -1.87. The minimum Gasteiger partial charge on any atom is -0.195 e. The molecule has 0 heterocycles. The molecule has 0 amide bonds. The van der Waals surface area contributed by atoms with Gasteiger partial charge in [-0.1, -0.05) is 0 Å². The smallest absolute Gasteiger partial charge is 0.195 e. The van der Waals surface area contributed by atoms with E-state index in [9.17, 15) is 0 Å². The summed E-state index contributed by atoms with van der Waals surface area (Å²) in [6.45, 7) is 0. The minimum absolute atomic E-state index is 1.24. The van der Waals surface area contributed by atoms with E-state index < -0.39 is 12.1 Å². The fourth-order valence-corrected chi connectivity index (χ4v) is 0.294. The molecule has 0 fully saturated rings. The van der Waals surface area contributed by atoms with Crippen molar-refractivity contribution >= 4 is 0 Å². The topological polar surface area (TPSA) is 120 Å². The van der Waals surface area contributed by atoms with Gasteiger partial charge in [-0.2, -0.15) is 31.3 Å². The van der Waals surface area contributed by atoms with Gasteiger partial charge in [-0.15, -0.1) is 0 Å². The first-order chi connectivity index (χ1) is 5.78. The number of azo groups is 1. The Hall–Kier alpha value is -2.44. The molecular weight excluding hydrogens is 156 g/mol. The van der Waals surface area contributed by atoms with Gasteiger partial charge in [-0.3, -0.25) is 0 Å². The highest BCUT2D eigenvalue weighted by molar-refractivity contribution is 5.08. The second-order valence-corrected chi connectivity index (χ2v) is 1.55. The van der Waals surface area contributed by atoms with Crippen molar-refractivity contribution in [2.45, 2.75) is 12.1 Å². The van der Waals surface area contributed by atoms with Gasteiger partial charge in [-0.25, -0.2) is 0 Å². The summed E-state index contributed by atoms with van der Waals surface area (Å²) in [6, 6.07) is 3.58. The van der Waals surface area contributed by atoms with Crippen molar-refractivity contribution in [1.82, 2.24) is 0 Å². The molecule has 0 aliphatic carbocycles. The number of nitriles is 4. The zero-order chi connectivity index (χ0) is 9.40. The van der Waals surface area contributed by atoms with Gasteiger partial charge in [0.15, 0.2) is 0 Å². The molecule has 0 rings (SSSR count). The van der Waals surface area contributed by atoms with Crippen LogP contribution in [0.15, 0.2) is 10.2 Å². The molecule has 0 N–H and O–H groups in total. The molecular formula is C6H2N6. The van der Waals surface area contributed by atoms with Crippen LogP contribution in [0.25, 0.3) is 0 Å². The zero-order valence-corrected chi connectivity index (χ0v) is 5.84. The number of rotatable bonds is 2. The lowest BCUT2D eigenvalue weighted by Crippen LogP contribution is -1.99. The van der Waals surface area contributed by atoms with Gasteiger partial charge >= 0.3 is 0 Å². The van der Waals surface area contributed by atoms with Crippen molar-refractivity contribution in [3.63, 3.8) is 0 Å². The van der Waals surface area contributed by atoms with Crippen molar-refractivity contribution in [3.8, 4) is 24.3 Å². The van der Waals surface area contributed by atoms with Crippen LogP contribution in [-0.2, 0) is 0 Å². The molecule has 6 heteroatoms. The van der Waals surface area contributed by atoms with E-state index >= 15 is 0 Å². The molecule has 0 saturated carbocycles. The van der Waals surface area contributed by atoms with Gasteiger partial charge in [0, 0.05) is 0 Å². The molecule has 0 aliphatic rings. The molecule has 0 bridgehead atoms. The predicted octanol–water partition coefficient (Wildman–Crippen LogP) is 0.270. The molecule has 0 radical (unpaired) electrons. The molecule has 0 aromatic heterocycles. The molecule has 0 atom stereocenters. The van der Waals surface area contributed by atoms with Gasteiger partial charge in [-0.05, 0) is 0 Å². The molecule has 0 spiro atoms. The highest BCUT2D eigenvalue weighted by atomic mass is 15.1. The quantitative estimate of drug-likeness (QED) is 0.535.